The molecule has 0 aromatic heterocycles. The smallest absolute Gasteiger partial charge is 0.243 e. The SMILES string of the molecule is Cc1ccc(S(=O)(=O)N2CCCC(C[C@H](N)C(=O)N3C[C@@H](F)C[C@H]3C#N)C2)cc1.Cl. The molecule has 1 amide bonds. The molecule has 2 saturated heterocycles. The van der Waals surface area contributed by atoms with Crippen molar-refractivity contribution in [1.82, 2.24) is 9.21 Å². The fourth-order valence-electron chi connectivity index (χ4n) is 4.12. The molecule has 2 N–H and O–H groups in total. The molecule has 0 saturated carbocycles. The first kappa shape index (κ1) is 24.5. The van der Waals surface area contributed by atoms with E-state index in [-0.39, 0.29) is 36.2 Å². The molecule has 3 rings (SSSR count). The average Bonchev–Trinajstić information content (AvgIpc) is 3.08. The Hall–Kier alpha value is -1.73. The highest BCUT2D eigenvalue weighted by Gasteiger charge is 2.38. The summed E-state index contributed by atoms with van der Waals surface area (Å²) in [5.41, 5.74) is 7.07. The van der Waals surface area contributed by atoms with Gasteiger partial charge in [-0.15, -0.1) is 12.4 Å². The molecule has 0 radical (unpaired) electrons. The van der Waals surface area contributed by atoms with Crippen LogP contribution >= 0.6 is 12.4 Å². The fraction of sp³-hybridized carbons (Fsp3) is 0.600. The summed E-state index contributed by atoms with van der Waals surface area (Å²) in [6.45, 7) is 2.52. The third-order valence-electron chi connectivity index (χ3n) is 5.73. The third-order valence-corrected chi connectivity index (χ3v) is 7.61. The van der Waals surface area contributed by atoms with Gasteiger partial charge in [-0.3, -0.25) is 4.79 Å². The van der Waals surface area contributed by atoms with Gasteiger partial charge in [-0.05, 0) is 44.2 Å². The molecule has 0 bridgehead atoms. The number of carbonyl (C=O) groups is 1. The molecule has 30 heavy (non-hydrogen) atoms. The van der Waals surface area contributed by atoms with Gasteiger partial charge in [-0.25, -0.2) is 12.8 Å². The summed E-state index contributed by atoms with van der Waals surface area (Å²) < 4.78 is 40.9. The number of nitrogens with two attached hydrogens (primary N) is 1. The Morgan fingerprint density at radius 3 is 2.63 bits per heavy atom. The first-order chi connectivity index (χ1) is 13.7. The highest BCUT2D eigenvalue weighted by molar-refractivity contribution is 7.89. The van der Waals surface area contributed by atoms with Crippen molar-refractivity contribution in [3.05, 3.63) is 29.8 Å². The third kappa shape index (κ3) is 5.30. The van der Waals surface area contributed by atoms with Crippen LogP contribution in [0.3, 0.4) is 0 Å². The summed E-state index contributed by atoms with van der Waals surface area (Å²) in [6.07, 6.45) is 0.577. The van der Waals surface area contributed by atoms with Gasteiger partial charge < -0.3 is 10.6 Å². The lowest BCUT2D eigenvalue weighted by Gasteiger charge is -2.33. The van der Waals surface area contributed by atoms with Crippen molar-refractivity contribution >= 4 is 28.3 Å². The number of alkyl halides is 1. The molecular formula is C20H28ClFN4O3S. The number of amides is 1. The number of nitrogens with zero attached hydrogens (tertiary/aromatic N) is 3. The molecule has 4 atom stereocenters. The van der Waals surface area contributed by atoms with E-state index in [1.807, 2.05) is 13.0 Å². The predicted octanol–water partition coefficient (Wildman–Crippen LogP) is 2.00. The van der Waals surface area contributed by atoms with Crippen molar-refractivity contribution < 1.29 is 17.6 Å². The number of aryl methyl sites for hydroxylation is 1. The van der Waals surface area contributed by atoms with E-state index in [0.717, 1.165) is 12.0 Å². The minimum atomic E-state index is -3.60. The molecular weight excluding hydrogens is 431 g/mol. The zero-order valence-corrected chi connectivity index (χ0v) is 18.5. The molecule has 0 spiro atoms. The molecule has 1 aromatic carbocycles. The number of likely N-dealkylation sites (tertiary alicyclic amines) is 1. The molecule has 2 aliphatic heterocycles. The Labute approximate surface area is 183 Å². The Bertz CT molecular complexity index is 890. The Kier molecular flexibility index (Phi) is 8.22. The maximum atomic E-state index is 13.6. The van der Waals surface area contributed by atoms with Crippen molar-refractivity contribution in [2.24, 2.45) is 11.7 Å². The lowest BCUT2D eigenvalue weighted by Crippen LogP contribution is -2.48. The largest absolute Gasteiger partial charge is 0.322 e. The summed E-state index contributed by atoms with van der Waals surface area (Å²) in [6, 6.07) is 7.04. The van der Waals surface area contributed by atoms with E-state index in [2.05, 4.69) is 0 Å². The number of nitriles is 1. The van der Waals surface area contributed by atoms with Gasteiger partial charge in [0.15, 0.2) is 0 Å². The van der Waals surface area contributed by atoms with Crippen molar-refractivity contribution in [2.75, 3.05) is 19.6 Å². The van der Waals surface area contributed by atoms with Crippen LogP contribution in [-0.4, -0.2) is 61.4 Å². The minimum Gasteiger partial charge on any atom is -0.322 e. The number of benzene rings is 1. The molecule has 2 fully saturated rings. The van der Waals surface area contributed by atoms with Crippen LogP contribution in [0.2, 0.25) is 0 Å². The van der Waals surface area contributed by atoms with Crippen LogP contribution < -0.4 is 5.73 Å². The van der Waals surface area contributed by atoms with Crippen molar-refractivity contribution in [2.45, 2.75) is 55.8 Å². The van der Waals surface area contributed by atoms with E-state index in [1.165, 1.54) is 9.21 Å². The minimum absolute atomic E-state index is 0. The van der Waals surface area contributed by atoms with Crippen LogP contribution in [0.15, 0.2) is 29.2 Å². The molecule has 10 heteroatoms. The molecule has 2 aliphatic rings. The van der Waals surface area contributed by atoms with Gasteiger partial charge in [0.25, 0.3) is 0 Å². The summed E-state index contributed by atoms with van der Waals surface area (Å²) in [7, 11) is -3.60. The molecule has 1 unspecified atom stereocenters. The summed E-state index contributed by atoms with van der Waals surface area (Å²) in [4.78, 5) is 14.1. The van der Waals surface area contributed by atoms with Gasteiger partial charge >= 0.3 is 0 Å². The number of rotatable bonds is 5. The van der Waals surface area contributed by atoms with Gasteiger partial charge in [0.2, 0.25) is 15.9 Å². The van der Waals surface area contributed by atoms with Crippen molar-refractivity contribution in [3.63, 3.8) is 0 Å². The molecule has 166 valence electrons. The predicted molar refractivity (Wildman–Crippen MR) is 113 cm³/mol. The second-order valence-corrected chi connectivity index (χ2v) is 9.93. The molecule has 0 aliphatic carbocycles. The lowest BCUT2D eigenvalue weighted by atomic mass is 9.92. The first-order valence-corrected chi connectivity index (χ1v) is 11.3. The highest BCUT2D eigenvalue weighted by Crippen LogP contribution is 2.27. The topological polar surface area (TPSA) is 108 Å². The highest BCUT2D eigenvalue weighted by atomic mass is 35.5. The quantitative estimate of drug-likeness (QED) is 0.726. The average molecular weight is 459 g/mol. The zero-order valence-electron chi connectivity index (χ0n) is 16.9. The van der Waals surface area contributed by atoms with Crippen LogP contribution in [0.25, 0.3) is 0 Å². The van der Waals surface area contributed by atoms with E-state index >= 15 is 0 Å². The zero-order chi connectivity index (χ0) is 21.2. The molecule has 7 nitrogen and oxygen atoms in total. The Morgan fingerprint density at radius 1 is 1.33 bits per heavy atom. The second-order valence-electron chi connectivity index (χ2n) is 8.00. The van der Waals surface area contributed by atoms with Crippen LogP contribution in [0.5, 0.6) is 0 Å². The van der Waals surface area contributed by atoms with Crippen LogP contribution in [0.1, 0.15) is 31.2 Å². The number of halogens is 2. The van der Waals surface area contributed by atoms with E-state index in [9.17, 15) is 17.6 Å². The molecule has 2 heterocycles. The van der Waals surface area contributed by atoms with Gasteiger partial charge in [0, 0.05) is 19.5 Å². The summed E-state index contributed by atoms with van der Waals surface area (Å²) >= 11 is 0. The van der Waals surface area contributed by atoms with E-state index in [0.29, 0.717) is 25.9 Å². The summed E-state index contributed by atoms with van der Waals surface area (Å²) in [5.74, 6) is -0.498. The molecule has 1 aromatic rings. The maximum Gasteiger partial charge on any atom is 0.243 e. The van der Waals surface area contributed by atoms with Gasteiger partial charge in [0.05, 0.1) is 23.6 Å². The van der Waals surface area contributed by atoms with E-state index < -0.39 is 34.2 Å². The monoisotopic (exact) mass is 458 g/mol. The fourth-order valence-corrected chi connectivity index (χ4v) is 5.68. The number of carbonyl (C=O) groups excluding carboxylic acids is 1. The van der Waals surface area contributed by atoms with Gasteiger partial charge in [-0.2, -0.15) is 9.57 Å². The normalized spacial score (nSPS) is 25.9. The number of piperidine rings is 1. The Morgan fingerprint density at radius 2 is 2.00 bits per heavy atom. The standard InChI is InChI=1S/C20H27FN4O3S.ClH/c1-14-4-6-18(7-5-14)29(27,28)24-8-2-3-15(12-24)9-19(23)20(26)25-13-16(21)10-17(25)11-22;/h4-7,15-17,19H,2-3,8-10,12-13,23H2,1H3;1H/t15?,16-,17-,19-;/m0./s1. The number of sulfonamides is 1. The number of hydrogen-bond donors (Lipinski definition) is 1. The van der Waals surface area contributed by atoms with Crippen molar-refractivity contribution in [1.29, 1.82) is 5.26 Å². The van der Waals surface area contributed by atoms with Gasteiger partial charge in [-0.1, -0.05) is 17.7 Å². The van der Waals surface area contributed by atoms with E-state index in [1.54, 1.807) is 24.3 Å². The van der Waals surface area contributed by atoms with Crippen LogP contribution in [0.4, 0.5) is 4.39 Å². The lowest BCUT2D eigenvalue weighted by molar-refractivity contribution is -0.133. The number of hydrogen-bond acceptors (Lipinski definition) is 5. The Balaban J connectivity index is 0.00000320. The van der Waals surface area contributed by atoms with Crippen molar-refractivity contribution in [3.8, 4) is 6.07 Å². The summed E-state index contributed by atoms with van der Waals surface area (Å²) in [5, 5.41) is 9.13. The van der Waals surface area contributed by atoms with Gasteiger partial charge in [0.1, 0.15) is 12.2 Å². The van der Waals surface area contributed by atoms with Crippen LogP contribution in [0, 0.1) is 24.2 Å². The maximum absolute atomic E-state index is 13.6. The first-order valence-electron chi connectivity index (χ1n) is 9.89. The van der Waals surface area contributed by atoms with E-state index in [4.69, 9.17) is 11.0 Å². The van der Waals surface area contributed by atoms with Crippen LogP contribution in [-0.2, 0) is 14.8 Å². The second kappa shape index (κ2) is 10.1.